The van der Waals surface area contributed by atoms with Crippen molar-refractivity contribution in [2.24, 2.45) is 10.8 Å². The summed E-state index contributed by atoms with van der Waals surface area (Å²) in [6.07, 6.45) is 17.7. The number of allylic oxidation sites excluding steroid dienone is 6. The maximum atomic E-state index is 9.85. The summed E-state index contributed by atoms with van der Waals surface area (Å²) in [6, 6.07) is 9.83. The molecule has 47 heavy (non-hydrogen) atoms. The van der Waals surface area contributed by atoms with Gasteiger partial charge in [-0.15, -0.1) is 0 Å². The average Bonchev–Trinajstić information content (AvgIpc) is 2.99. The van der Waals surface area contributed by atoms with Gasteiger partial charge in [0, 0.05) is 40.3 Å². The van der Waals surface area contributed by atoms with Gasteiger partial charge >= 0.3 is 0 Å². The average molecular weight is 664 g/mol. The Morgan fingerprint density at radius 1 is 0.872 bits per heavy atom. The van der Waals surface area contributed by atoms with Crippen LogP contribution >= 0.6 is 0 Å². The minimum atomic E-state index is -1.38. The molecule has 4 nitrogen and oxygen atoms in total. The first kappa shape index (κ1) is 34.1. The summed E-state index contributed by atoms with van der Waals surface area (Å²) in [7, 11) is -2.77. The molecule has 2 bridgehead atoms. The molecule has 1 aromatic rings. The van der Waals surface area contributed by atoms with Crippen molar-refractivity contribution in [1.29, 1.82) is 5.26 Å². The van der Waals surface area contributed by atoms with Crippen molar-refractivity contribution in [3.8, 4) is 6.07 Å². The Labute approximate surface area is 287 Å². The van der Waals surface area contributed by atoms with E-state index >= 15 is 0 Å². The molecular weight excluding hydrogens is 607 g/mol. The second-order valence-corrected chi connectivity index (χ2v) is 30.1. The summed E-state index contributed by atoms with van der Waals surface area (Å²) in [4.78, 5) is 6.32. The molecule has 250 valence electrons. The van der Waals surface area contributed by atoms with Crippen LogP contribution in [0.3, 0.4) is 0 Å². The Bertz CT molecular complexity index is 1610. The van der Waals surface area contributed by atoms with Gasteiger partial charge in [0.05, 0.1) is 12.6 Å². The van der Waals surface area contributed by atoms with E-state index in [0.717, 1.165) is 37.3 Å². The summed E-state index contributed by atoms with van der Waals surface area (Å²) in [5, 5.41) is 9.85. The molecule has 0 amide bonds. The molecule has 0 N–H and O–H groups in total. The lowest BCUT2D eigenvalue weighted by molar-refractivity contribution is -0.00270. The van der Waals surface area contributed by atoms with Crippen LogP contribution in [0.25, 0.3) is 10.9 Å². The molecule has 0 unspecified atom stereocenters. The Morgan fingerprint density at radius 2 is 1.47 bits per heavy atom. The van der Waals surface area contributed by atoms with Gasteiger partial charge in [-0.1, -0.05) is 66.1 Å². The summed E-state index contributed by atoms with van der Waals surface area (Å²) >= 11 is 0. The number of hydrogen-bond donors (Lipinski definition) is 0. The Kier molecular flexibility index (Phi) is 8.46. The van der Waals surface area contributed by atoms with E-state index in [4.69, 9.17) is 11.3 Å². The largest absolute Gasteiger partial charge is 0.461 e. The maximum Gasteiger partial charge on any atom is 0.269 e. The minimum Gasteiger partial charge on any atom is -0.461 e. The zero-order valence-corrected chi connectivity index (χ0v) is 32.7. The molecule has 3 aliphatic heterocycles. The van der Waals surface area contributed by atoms with Crippen molar-refractivity contribution in [1.82, 2.24) is 0 Å². The summed E-state index contributed by atoms with van der Waals surface area (Å²) in [5.41, 5.74) is 7.54. The Balaban J connectivity index is 1.44. The molecule has 7 rings (SSSR count). The second-order valence-electron chi connectivity index (χ2n) is 19.2. The number of nitrogens with zero attached hydrogens (tertiary/aromatic N) is 3. The van der Waals surface area contributed by atoms with Crippen molar-refractivity contribution in [2.45, 2.75) is 134 Å². The van der Waals surface area contributed by atoms with Crippen molar-refractivity contribution in [3.05, 3.63) is 81.3 Å². The van der Waals surface area contributed by atoms with E-state index in [2.05, 4.69) is 100 Å². The predicted octanol–water partition coefficient (Wildman–Crippen LogP) is 11.4. The van der Waals surface area contributed by atoms with Gasteiger partial charge in [0.2, 0.25) is 0 Å². The normalized spacial score (nSPS) is 28.9. The zero-order chi connectivity index (χ0) is 34.0. The monoisotopic (exact) mass is 663 g/mol. The maximum absolute atomic E-state index is 9.85. The molecule has 3 aliphatic carbocycles. The van der Waals surface area contributed by atoms with Crippen molar-refractivity contribution in [3.63, 3.8) is 0 Å². The molecule has 3 fully saturated rings. The number of benzene rings is 1. The molecule has 6 heteroatoms. The molecule has 0 atom stereocenters. The number of hydrogen-bond acceptors (Lipinski definition) is 3. The van der Waals surface area contributed by atoms with Crippen LogP contribution in [0, 0.1) is 28.7 Å². The number of fused-ring (bicyclic) bond motifs is 3. The summed E-state index contributed by atoms with van der Waals surface area (Å²) in [6.45, 7) is 32.7. The predicted molar refractivity (Wildman–Crippen MR) is 203 cm³/mol. The highest BCUT2D eigenvalue weighted by atomic mass is 28.3. The van der Waals surface area contributed by atoms with Crippen LogP contribution in [0.5, 0.6) is 0 Å². The van der Waals surface area contributed by atoms with Crippen LogP contribution in [-0.2, 0) is 15.6 Å². The number of anilines is 1. The van der Waals surface area contributed by atoms with Gasteiger partial charge < -0.3 is 9.64 Å². The van der Waals surface area contributed by atoms with E-state index in [0.29, 0.717) is 11.0 Å². The zero-order valence-electron chi connectivity index (χ0n) is 30.7. The smallest absolute Gasteiger partial charge is 0.269 e. The fourth-order valence-electron chi connectivity index (χ4n) is 9.92. The van der Waals surface area contributed by atoms with Gasteiger partial charge in [-0.3, -0.25) is 0 Å². The van der Waals surface area contributed by atoms with Gasteiger partial charge in [-0.2, -0.15) is 0 Å². The van der Waals surface area contributed by atoms with E-state index in [9.17, 15) is 5.26 Å². The third-order valence-electron chi connectivity index (χ3n) is 12.2. The van der Waals surface area contributed by atoms with Crippen LogP contribution in [-0.4, -0.2) is 29.2 Å². The highest BCUT2D eigenvalue weighted by molar-refractivity contribution is 6.78. The lowest BCUT2D eigenvalue weighted by Gasteiger charge is -2.53. The van der Waals surface area contributed by atoms with Crippen LogP contribution in [0.1, 0.15) is 88.8 Å². The van der Waals surface area contributed by atoms with Crippen molar-refractivity contribution < 1.29 is 4.74 Å². The fourth-order valence-corrected chi connectivity index (χ4v) is 15.2. The van der Waals surface area contributed by atoms with Gasteiger partial charge in [0.15, 0.2) is 0 Å². The van der Waals surface area contributed by atoms with Crippen molar-refractivity contribution in [2.75, 3.05) is 18.0 Å². The first-order chi connectivity index (χ1) is 21.9. The SMILES string of the molecule is [C-]#[N+]/C(C#N)=C1C=C(/C=C/c2cc3c4c(c2)C(C[Si](C)(C)C)(C[Si](C)(C)C)CCN4CCC3(C)C)OC(C23CCC(C)(CC2)CC3)=C\1. The van der Waals surface area contributed by atoms with Gasteiger partial charge in [0.25, 0.3) is 5.70 Å². The van der Waals surface area contributed by atoms with Gasteiger partial charge in [-0.05, 0) is 132 Å². The second kappa shape index (κ2) is 11.7. The van der Waals surface area contributed by atoms with Crippen molar-refractivity contribution >= 4 is 27.9 Å². The van der Waals surface area contributed by atoms with Crippen LogP contribution < -0.4 is 4.90 Å². The van der Waals surface area contributed by atoms with E-state index in [1.54, 1.807) is 11.3 Å². The quantitative estimate of drug-likeness (QED) is 0.166. The number of nitriles is 1. The van der Waals surface area contributed by atoms with E-state index < -0.39 is 16.1 Å². The lowest BCUT2D eigenvalue weighted by atomic mass is 9.53. The van der Waals surface area contributed by atoms with Crippen LogP contribution in [0.2, 0.25) is 51.4 Å². The molecule has 6 aliphatic rings. The fraction of sp³-hybridized carbons (Fsp3) is 0.610. The molecule has 3 saturated carbocycles. The summed E-state index contributed by atoms with van der Waals surface area (Å²) < 4.78 is 6.77. The molecule has 0 radical (unpaired) electrons. The Hall–Kier alpha value is -2.81. The van der Waals surface area contributed by atoms with E-state index in [1.807, 2.05) is 12.2 Å². The van der Waals surface area contributed by atoms with Crippen LogP contribution in [0.4, 0.5) is 5.69 Å². The third-order valence-corrected chi connectivity index (χ3v) is 15.7. The van der Waals surface area contributed by atoms with E-state index in [1.165, 1.54) is 61.9 Å². The Morgan fingerprint density at radius 3 is 2.04 bits per heavy atom. The molecular formula is C41H57N3OSi2. The first-order valence-electron chi connectivity index (χ1n) is 18.1. The third kappa shape index (κ3) is 6.62. The van der Waals surface area contributed by atoms with Gasteiger partial charge in [0.1, 0.15) is 11.5 Å². The lowest BCUT2D eigenvalue weighted by Crippen LogP contribution is -2.50. The topological polar surface area (TPSA) is 40.6 Å². The minimum absolute atomic E-state index is 0.00964. The molecule has 0 saturated heterocycles. The van der Waals surface area contributed by atoms with Crippen LogP contribution in [0.15, 0.2) is 53.1 Å². The van der Waals surface area contributed by atoms with E-state index in [-0.39, 0.29) is 21.9 Å². The van der Waals surface area contributed by atoms with Gasteiger partial charge in [-0.25, -0.2) is 10.1 Å². The molecule has 0 spiro atoms. The highest BCUT2D eigenvalue weighted by Gasteiger charge is 2.50. The summed E-state index contributed by atoms with van der Waals surface area (Å²) in [5.74, 6) is 1.71. The molecule has 0 aromatic heterocycles. The molecule has 1 aromatic carbocycles. The molecule has 3 heterocycles. The first-order valence-corrected chi connectivity index (χ1v) is 25.6. The number of ether oxygens (including phenoxy) is 1. The highest BCUT2D eigenvalue weighted by Crippen LogP contribution is 2.61. The number of rotatable bonds is 7. The standard InChI is InChI=1S/C41H57N3OSi2/c1-38(2)19-21-44-22-20-41(28-46(5,6)7,29-47(8,9)10)34-24-30(23-33(38)37(34)44)11-12-32-25-31(35(27-42)43-4)26-36(45-32)40-16-13-39(3,14-17-40)15-18-40/h11-12,23-26H,13-22,28-29H2,1-3,5-10H3/b12-11+,35-31+.